The van der Waals surface area contributed by atoms with Crippen molar-refractivity contribution in [2.45, 2.75) is 38.8 Å². The van der Waals surface area contributed by atoms with Crippen molar-refractivity contribution in [3.05, 3.63) is 112 Å². The van der Waals surface area contributed by atoms with Gasteiger partial charge in [0.15, 0.2) is 0 Å². The zero-order valence-electron chi connectivity index (χ0n) is 21.6. The Labute approximate surface area is 230 Å². The summed E-state index contributed by atoms with van der Waals surface area (Å²) in [6.07, 6.45) is 4.51. The lowest BCUT2D eigenvalue weighted by Crippen LogP contribution is -2.51. The van der Waals surface area contributed by atoms with Gasteiger partial charge in [0.05, 0.1) is 28.4 Å². The molecule has 0 saturated heterocycles. The number of oxime groups is 1. The summed E-state index contributed by atoms with van der Waals surface area (Å²) in [6.45, 7) is 4.40. The van der Waals surface area contributed by atoms with Gasteiger partial charge in [0, 0.05) is 27.8 Å². The van der Waals surface area contributed by atoms with E-state index in [1.807, 2.05) is 31.2 Å². The van der Waals surface area contributed by atoms with Crippen LogP contribution in [0.15, 0.2) is 84.5 Å². The highest BCUT2D eigenvalue weighted by Gasteiger charge is 2.40. The van der Waals surface area contributed by atoms with Crippen molar-refractivity contribution >= 4 is 34.1 Å². The Morgan fingerprint density at radius 3 is 2.56 bits per heavy atom. The summed E-state index contributed by atoms with van der Waals surface area (Å²) in [6, 6.07) is 21.7. The Hall–Kier alpha value is -4.43. The maximum Gasteiger partial charge on any atom is 0.253 e. The van der Waals surface area contributed by atoms with Gasteiger partial charge in [0.2, 0.25) is 0 Å². The van der Waals surface area contributed by atoms with Crippen LogP contribution in [-0.4, -0.2) is 36.2 Å². The molecule has 2 aromatic heterocycles. The molecule has 0 saturated carbocycles. The molecule has 9 heteroatoms. The molecule has 5 aromatic rings. The molecule has 39 heavy (non-hydrogen) atoms. The van der Waals surface area contributed by atoms with Gasteiger partial charge >= 0.3 is 0 Å². The molecule has 0 radical (unpaired) electrons. The molecule has 0 bridgehead atoms. The van der Waals surface area contributed by atoms with Crippen molar-refractivity contribution in [2.24, 2.45) is 5.16 Å². The highest BCUT2D eigenvalue weighted by molar-refractivity contribution is 6.34. The number of halogens is 1. The summed E-state index contributed by atoms with van der Waals surface area (Å²) in [5.41, 5.74) is 6.30. The smallest absolute Gasteiger partial charge is 0.253 e. The molecule has 1 aliphatic rings. The van der Waals surface area contributed by atoms with E-state index in [1.165, 1.54) is 0 Å². The Morgan fingerprint density at radius 1 is 1.08 bits per heavy atom. The number of rotatable bonds is 5. The number of fused-ring (bicyclic) bond motifs is 3. The summed E-state index contributed by atoms with van der Waals surface area (Å²) in [5.74, 6) is -0.247. The van der Waals surface area contributed by atoms with Crippen molar-refractivity contribution in [3.63, 3.8) is 0 Å². The van der Waals surface area contributed by atoms with E-state index in [0.29, 0.717) is 35.7 Å². The van der Waals surface area contributed by atoms with Crippen LogP contribution < -0.4 is 5.32 Å². The fourth-order valence-electron chi connectivity index (χ4n) is 5.73. The monoisotopic (exact) mass is 538 g/mol. The normalized spacial score (nSPS) is 17.3. The van der Waals surface area contributed by atoms with E-state index in [1.54, 1.807) is 29.4 Å². The van der Waals surface area contributed by atoms with E-state index in [9.17, 15) is 10.0 Å². The number of carbonyl (C=O) groups excluding carboxylic acids is 1. The van der Waals surface area contributed by atoms with Gasteiger partial charge in [-0.2, -0.15) is 0 Å². The second-order valence-electron chi connectivity index (χ2n) is 10.0. The predicted molar refractivity (Wildman–Crippen MR) is 151 cm³/mol. The highest BCUT2D eigenvalue weighted by atomic mass is 35.5. The average Bonchev–Trinajstić information content (AvgIpc) is 3.59. The van der Waals surface area contributed by atoms with Gasteiger partial charge in [-0.25, -0.2) is 0 Å². The lowest BCUT2D eigenvalue weighted by atomic mass is 9.81. The van der Waals surface area contributed by atoms with Crippen molar-refractivity contribution in [1.29, 1.82) is 0 Å². The Kier molecular flexibility index (Phi) is 6.19. The van der Waals surface area contributed by atoms with Crippen LogP contribution >= 0.6 is 11.6 Å². The molecule has 0 fully saturated rings. The Balaban J connectivity index is 1.43. The van der Waals surface area contributed by atoms with Crippen LogP contribution in [0.4, 0.5) is 0 Å². The van der Waals surface area contributed by atoms with E-state index in [4.69, 9.17) is 11.6 Å². The molecular weight excluding hydrogens is 512 g/mol. The maximum atomic E-state index is 13.8. The number of aromatic nitrogens is 4. The molecule has 0 aliphatic carbocycles. The molecule has 196 valence electrons. The van der Waals surface area contributed by atoms with E-state index < -0.39 is 5.54 Å². The van der Waals surface area contributed by atoms with Crippen molar-refractivity contribution in [1.82, 2.24) is 24.6 Å². The first-order chi connectivity index (χ1) is 18.9. The number of aryl methyl sites for hydroxylation is 1. The Morgan fingerprint density at radius 2 is 1.85 bits per heavy atom. The second kappa shape index (κ2) is 9.71. The topological polar surface area (TPSA) is 97.3 Å². The van der Waals surface area contributed by atoms with Gasteiger partial charge in [-0.05, 0) is 62.6 Å². The first kappa shape index (κ1) is 24.9. The maximum absolute atomic E-state index is 13.8. The molecule has 1 atom stereocenters. The van der Waals surface area contributed by atoms with Crippen LogP contribution in [0.5, 0.6) is 0 Å². The number of hydrogen-bond acceptors (Lipinski definition) is 5. The van der Waals surface area contributed by atoms with Crippen molar-refractivity contribution < 1.29 is 10.0 Å². The fraction of sp³-hybridized carbons (Fsp3) is 0.200. The molecular formula is C30H27ClN6O2. The average molecular weight is 539 g/mol. The molecule has 0 unspecified atom stereocenters. The third-order valence-corrected chi connectivity index (χ3v) is 7.96. The summed E-state index contributed by atoms with van der Waals surface area (Å²) >= 11 is 6.62. The van der Waals surface area contributed by atoms with Crippen LogP contribution in [0, 0.1) is 6.92 Å². The van der Waals surface area contributed by atoms with Gasteiger partial charge in [0.1, 0.15) is 12.7 Å². The molecule has 0 spiro atoms. The van der Waals surface area contributed by atoms with E-state index >= 15 is 0 Å². The third kappa shape index (κ3) is 4.27. The Bertz CT molecular complexity index is 1730. The quantitative estimate of drug-likeness (QED) is 0.171. The zero-order valence-corrected chi connectivity index (χ0v) is 22.4. The summed E-state index contributed by atoms with van der Waals surface area (Å²) < 4.78 is 3.99. The highest BCUT2D eigenvalue weighted by Crippen LogP contribution is 2.40. The fourth-order valence-corrected chi connectivity index (χ4v) is 5.99. The number of nitrogens with zero attached hydrogens (tertiary/aromatic N) is 5. The predicted octanol–water partition coefficient (Wildman–Crippen LogP) is 5.65. The first-order valence-electron chi connectivity index (χ1n) is 12.7. The molecule has 2 N–H and O–H groups in total. The standard InChI is InChI=1S/C30H27ClN6O2/c1-19-8-11-26-24(14-19)28(20(2)35-39)27-12-13-30(16-37(26)27,21-6-4-3-5-7-21)34-29(38)23-10-9-22(15-25(23)31)36-17-32-33-18-36/h3-11,14-15,17-18,39H,12-13,16H2,1-2H3,(H,34,38)/b35-20+/t30-/m1/s1. The second-order valence-corrected chi connectivity index (χ2v) is 10.5. The van der Waals surface area contributed by atoms with Gasteiger partial charge in [-0.1, -0.05) is 58.7 Å². The number of hydrogen-bond donors (Lipinski definition) is 2. The number of carbonyl (C=O) groups is 1. The largest absolute Gasteiger partial charge is 0.411 e. The number of nitrogens with one attached hydrogen (secondary N) is 1. The molecule has 3 heterocycles. The molecule has 3 aromatic carbocycles. The minimum absolute atomic E-state index is 0.247. The third-order valence-electron chi connectivity index (χ3n) is 7.65. The molecule has 1 amide bonds. The van der Waals surface area contributed by atoms with E-state index in [2.05, 4.69) is 62.5 Å². The summed E-state index contributed by atoms with van der Waals surface area (Å²) in [5, 5.41) is 25.6. The van der Waals surface area contributed by atoms with E-state index in [-0.39, 0.29) is 5.91 Å². The SMILES string of the molecule is C/C(=N\O)c1c2n(c3ccc(C)cc13)C[C@@](NC(=O)c1ccc(-n3cnnc3)cc1Cl)(c1ccccc1)CC2. The first-order valence-corrected chi connectivity index (χ1v) is 13.1. The van der Waals surface area contributed by atoms with Crippen LogP contribution in [0.3, 0.4) is 0 Å². The molecule has 6 rings (SSSR count). The van der Waals surface area contributed by atoms with Gasteiger partial charge in [-0.15, -0.1) is 10.2 Å². The lowest BCUT2D eigenvalue weighted by Gasteiger charge is -2.40. The van der Waals surface area contributed by atoms with Crippen LogP contribution in [-0.2, 0) is 18.5 Å². The lowest BCUT2D eigenvalue weighted by molar-refractivity contribution is 0.0868. The van der Waals surface area contributed by atoms with Gasteiger partial charge in [-0.3, -0.25) is 9.36 Å². The molecule has 8 nitrogen and oxygen atoms in total. The molecule has 1 aliphatic heterocycles. The summed E-state index contributed by atoms with van der Waals surface area (Å²) in [7, 11) is 0. The van der Waals surface area contributed by atoms with Crippen LogP contribution in [0.25, 0.3) is 16.6 Å². The van der Waals surface area contributed by atoms with Gasteiger partial charge in [0.25, 0.3) is 5.91 Å². The minimum Gasteiger partial charge on any atom is -0.411 e. The van der Waals surface area contributed by atoms with Gasteiger partial charge < -0.3 is 15.1 Å². The number of amides is 1. The van der Waals surface area contributed by atoms with E-state index in [0.717, 1.165) is 39.0 Å². The minimum atomic E-state index is -0.681. The van der Waals surface area contributed by atoms with Crippen LogP contribution in [0.1, 0.15) is 46.1 Å². The van der Waals surface area contributed by atoms with Crippen LogP contribution in [0.2, 0.25) is 5.02 Å². The van der Waals surface area contributed by atoms with Crippen molar-refractivity contribution in [2.75, 3.05) is 0 Å². The number of benzene rings is 3. The zero-order chi connectivity index (χ0) is 27.1. The van der Waals surface area contributed by atoms with Crippen molar-refractivity contribution in [3.8, 4) is 5.69 Å². The summed E-state index contributed by atoms with van der Waals surface area (Å²) in [4.78, 5) is 13.8.